The minimum atomic E-state index is -1.30. The van der Waals surface area contributed by atoms with Crippen LogP contribution in [-0.4, -0.2) is 26.9 Å². The topological polar surface area (TPSA) is 3.24 Å². The van der Waals surface area contributed by atoms with Crippen molar-refractivity contribution >= 4 is 13.4 Å². The summed E-state index contributed by atoms with van der Waals surface area (Å²) in [5.41, 5.74) is 0. The quantitative estimate of drug-likeness (QED) is 0.691. The highest BCUT2D eigenvalue weighted by Gasteiger charge is 2.38. The first-order valence-corrected chi connectivity index (χ1v) is 8.35. The molecule has 1 saturated heterocycles. The van der Waals surface area contributed by atoms with Crippen molar-refractivity contribution in [3.05, 3.63) is 30.3 Å². The van der Waals surface area contributed by atoms with Gasteiger partial charge in [0.05, 0.1) is 0 Å². The second-order valence-corrected chi connectivity index (χ2v) is 9.39. The van der Waals surface area contributed by atoms with E-state index in [1.54, 1.807) is 5.19 Å². The van der Waals surface area contributed by atoms with E-state index < -0.39 is 8.24 Å². The van der Waals surface area contributed by atoms with Gasteiger partial charge >= 0.3 is 0 Å². The van der Waals surface area contributed by atoms with Crippen LogP contribution < -0.4 is 5.19 Å². The van der Waals surface area contributed by atoms with E-state index in [1.165, 1.54) is 31.4 Å². The van der Waals surface area contributed by atoms with Gasteiger partial charge in [0.15, 0.2) is 8.24 Å². The van der Waals surface area contributed by atoms with Crippen molar-refractivity contribution in [2.45, 2.75) is 31.4 Å². The zero-order chi connectivity index (χ0) is 10.7. The average Bonchev–Trinajstić information content (AvgIpc) is 2.31. The maximum atomic E-state index is 2.56. The van der Waals surface area contributed by atoms with Gasteiger partial charge in [0, 0.05) is 0 Å². The molecular formula is C13H21NSi. The number of benzene rings is 1. The van der Waals surface area contributed by atoms with E-state index in [4.69, 9.17) is 0 Å². The van der Waals surface area contributed by atoms with Crippen LogP contribution in [0.4, 0.5) is 0 Å². The van der Waals surface area contributed by atoms with E-state index in [0.717, 1.165) is 0 Å². The fourth-order valence-corrected chi connectivity index (χ4v) is 7.60. The first-order valence-electron chi connectivity index (χ1n) is 5.99. The summed E-state index contributed by atoms with van der Waals surface area (Å²) in [5.74, 6) is 0. The van der Waals surface area contributed by atoms with Crippen molar-refractivity contribution in [1.82, 2.24) is 4.57 Å². The molecule has 2 rings (SSSR count). The lowest BCUT2D eigenvalue weighted by molar-refractivity contribution is 0.572. The Labute approximate surface area is 94.2 Å². The summed E-state index contributed by atoms with van der Waals surface area (Å²) in [4.78, 5) is 0. The number of nitrogens with zero attached hydrogens (tertiary/aromatic N) is 1. The Morgan fingerprint density at radius 3 is 2.07 bits per heavy atom. The molecule has 0 aromatic heterocycles. The Morgan fingerprint density at radius 1 is 0.933 bits per heavy atom. The summed E-state index contributed by atoms with van der Waals surface area (Å²) in [6, 6.07) is 14.1. The molecule has 2 heteroatoms. The molecule has 0 atom stereocenters. The van der Waals surface area contributed by atoms with Crippen molar-refractivity contribution < 1.29 is 0 Å². The molecule has 0 amide bonds. The maximum absolute atomic E-state index is 2.56. The van der Waals surface area contributed by atoms with Gasteiger partial charge < -0.3 is 4.57 Å². The van der Waals surface area contributed by atoms with Crippen LogP contribution in [0.5, 0.6) is 0 Å². The van der Waals surface area contributed by atoms with Crippen LogP contribution in [-0.2, 0) is 0 Å². The van der Waals surface area contributed by atoms with Gasteiger partial charge in [-0.05, 0) is 31.4 Å². The van der Waals surface area contributed by atoms with Gasteiger partial charge in [-0.1, -0.05) is 49.6 Å². The van der Waals surface area contributed by atoms with Crippen LogP contribution in [0.3, 0.4) is 0 Å². The summed E-state index contributed by atoms with van der Waals surface area (Å²) in [7, 11) is 3.26. The maximum Gasteiger partial charge on any atom is 0.159 e. The molecule has 1 aliphatic heterocycles. The first kappa shape index (κ1) is 10.9. The number of hydrogen-bond donors (Lipinski definition) is 0. The van der Waals surface area contributed by atoms with E-state index in [2.05, 4.69) is 49.0 Å². The molecule has 0 radical (unpaired) electrons. The molecule has 1 fully saturated rings. The average molecular weight is 219 g/mol. The summed E-state index contributed by atoms with van der Waals surface area (Å²) in [5, 5.41) is 1.63. The fraction of sp³-hybridized carbons (Fsp3) is 0.538. The van der Waals surface area contributed by atoms with Gasteiger partial charge in [-0.15, -0.1) is 0 Å². The number of hydrogen-bond acceptors (Lipinski definition) is 1. The molecule has 0 N–H and O–H groups in total. The monoisotopic (exact) mass is 219 g/mol. The van der Waals surface area contributed by atoms with Crippen LogP contribution >= 0.6 is 0 Å². The Balaban J connectivity index is 2.34. The molecule has 1 nitrogen and oxygen atoms in total. The molecule has 1 aliphatic rings. The molecule has 15 heavy (non-hydrogen) atoms. The third kappa shape index (κ3) is 2.01. The Kier molecular flexibility index (Phi) is 3.27. The predicted octanol–water partition coefficient (Wildman–Crippen LogP) is 2.58. The largest absolute Gasteiger partial charge is 0.325 e. The summed E-state index contributed by atoms with van der Waals surface area (Å²) < 4.78 is 2.56. The van der Waals surface area contributed by atoms with Crippen LogP contribution in [0.25, 0.3) is 0 Å². The van der Waals surface area contributed by atoms with Crippen molar-refractivity contribution in [3.8, 4) is 0 Å². The molecule has 1 heterocycles. The van der Waals surface area contributed by atoms with Crippen molar-refractivity contribution in [2.75, 3.05) is 14.1 Å². The Morgan fingerprint density at radius 2 is 1.53 bits per heavy atom. The highest BCUT2D eigenvalue weighted by molar-refractivity contribution is 6.89. The highest BCUT2D eigenvalue weighted by atomic mass is 28.3. The SMILES string of the molecule is CN(C)[Si]1(c2ccccc2)CCCCC1. The fourth-order valence-electron chi connectivity index (χ4n) is 2.88. The molecular weight excluding hydrogens is 198 g/mol. The lowest BCUT2D eigenvalue weighted by atomic mass is 10.3. The molecule has 0 spiro atoms. The van der Waals surface area contributed by atoms with Gasteiger partial charge in [-0.25, -0.2) is 0 Å². The highest BCUT2D eigenvalue weighted by Crippen LogP contribution is 2.29. The van der Waals surface area contributed by atoms with Crippen molar-refractivity contribution in [3.63, 3.8) is 0 Å². The third-order valence-corrected chi connectivity index (χ3v) is 9.33. The van der Waals surface area contributed by atoms with Crippen LogP contribution in [0, 0.1) is 0 Å². The summed E-state index contributed by atoms with van der Waals surface area (Å²) in [6.45, 7) is 0. The molecule has 0 bridgehead atoms. The molecule has 0 saturated carbocycles. The van der Waals surface area contributed by atoms with E-state index in [9.17, 15) is 0 Å². The lowest BCUT2D eigenvalue weighted by Gasteiger charge is -2.41. The number of rotatable bonds is 2. The molecule has 1 aromatic rings. The zero-order valence-electron chi connectivity index (χ0n) is 9.87. The molecule has 0 unspecified atom stereocenters. The second-order valence-electron chi connectivity index (χ2n) is 4.85. The van der Waals surface area contributed by atoms with Gasteiger partial charge in [-0.2, -0.15) is 0 Å². The van der Waals surface area contributed by atoms with Crippen LogP contribution in [0.15, 0.2) is 30.3 Å². The standard InChI is InChI=1S/C13H21NSi/c1-14(2)15(11-7-4-8-12-15)13-9-5-3-6-10-13/h3,5-6,9-10H,4,7-8,11-12H2,1-2H3. The summed E-state index contributed by atoms with van der Waals surface area (Å²) in [6.07, 6.45) is 4.30. The van der Waals surface area contributed by atoms with E-state index in [1.807, 2.05) is 0 Å². The minimum Gasteiger partial charge on any atom is -0.325 e. The summed E-state index contributed by atoms with van der Waals surface area (Å²) >= 11 is 0. The third-order valence-electron chi connectivity index (χ3n) is 3.85. The molecule has 0 aliphatic carbocycles. The molecule has 1 aromatic carbocycles. The van der Waals surface area contributed by atoms with Crippen molar-refractivity contribution in [2.24, 2.45) is 0 Å². The van der Waals surface area contributed by atoms with Gasteiger partial charge in [0.2, 0.25) is 0 Å². The molecule has 82 valence electrons. The Bertz CT molecular complexity index is 302. The van der Waals surface area contributed by atoms with E-state index >= 15 is 0 Å². The van der Waals surface area contributed by atoms with Crippen LogP contribution in [0.2, 0.25) is 12.1 Å². The van der Waals surface area contributed by atoms with Crippen molar-refractivity contribution in [1.29, 1.82) is 0 Å². The van der Waals surface area contributed by atoms with E-state index in [0.29, 0.717) is 0 Å². The minimum absolute atomic E-state index is 1.30. The van der Waals surface area contributed by atoms with Gasteiger partial charge in [0.25, 0.3) is 0 Å². The van der Waals surface area contributed by atoms with E-state index in [-0.39, 0.29) is 0 Å². The van der Waals surface area contributed by atoms with Gasteiger partial charge in [-0.3, -0.25) is 0 Å². The zero-order valence-corrected chi connectivity index (χ0v) is 10.9. The van der Waals surface area contributed by atoms with Crippen LogP contribution in [0.1, 0.15) is 19.3 Å². The predicted molar refractivity (Wildman–Crippen MR) is 69.0 cm³/mol. The lowest BCUT2D eigenvalue weighted by Crippen LogP contribution is -2.60. The smallest absolute Gasteiger partial charge is 0.159 e. The Hall–Kier alpha value is -0.603. The second kappa shape index (κ2) is 4.50. The van der Waals surface area contributed by atoms with Gasteiger partial charge in [0.1, 0.15) is 0 Å². The first-order chi connectivity index (χ1) is 7.26. The normalized spacial score (nSPS) is 20.5.